The average Bonchev–Trinajstić information content (AvgIpc) is 2.18. The van der Waals surface area contributed by atoms with E-state index < -0.39 is 7.05 Å². The number of hydrogen-bond acceptors (Lipinski definition) is 3. The highest BCUT2D eigenvalue weighted by atomic mass is 16.2. The Bertz CT molecular complexity index is 275. The minimum absolute atomic E-state index is 0.711. The number of benzene rings is 1. The minimum atomic E-state index is -0.853. The quantitative estimate of drug-likeness (QED) is 0.462. The molecular formula is C10H15BN2O. The molecule has 0 amide bonds. The molecule has 1 rings (SSSR count). The molecule has 74 valence electrons. The molecule has 0 bridgehead atoms. The van der Waals surface area contributed by atoms with Gasteiger partial charge in [0.2, 0.25) is 0 Å². The van der Waals surface area contributed by atoms with E-state index in [2.05, 4.69) is 17.4 Å². The summed E-state index contributed by atoms with van der Waals surface area (Å²) < 4.78 is 0. The van der Waals surface area contributed by atoms with Gasteiger partial charge in [0, 0.05) is 13.1 Å². The molecule has 0 atom stereocenters. The van der Waals surface area contributed by atoms with Crippen LogP contribution in [0.25, 0.3) is 0 Å². The summed E-state index contributed by atoms with van der Waals surface area (Å²) in [7, 11) is -0.853. The van der Waals surface area contributed by atoms with E-state index in [9.17, 15) is 0 Å². The van der Waals surface area contributed by atoms with Gasteiger partial charge in [-0.05, 0) is 5.56 Å². The van der Waals surface area contributed by atoms with E-state index in [-0.39, 0.29) is 0 Å². The summed E-state index contributed by atoms with van der Waals surface area (Å²) in [6.45, 7) is 1.54. The highest BCUT2D eigenvalue weighted by Gasteiger charge is 1.93. The molecule has 1 aromatic rings. The molecule has 0 heterocycles. The van der Waals surface area contributed by atoms with Gasteiger partial charge in [-0.25, -0.2) is 0 Å². The summed E-state index contributed by atoms with van der Waals surface area (Å²) in [5.41, 5.74) is 6.37. The van der Waals surface area contributed by atoms with Gasteiger partial charge in [0.1, 0.15) is 0 Å². The lowest BCUT2D eigenvalue weighted by Crippen LogP contribution is -2.23. The van der Waals surface area contributed by atoms with Crippen molar-refractivity contribution in [3.63, 3.8) is 0 Å². The van der Waals surface area contributed by atoms with Gasteiger partial charge >= 0.3 is 7.05 Å². The van der Waals surface area contributed by atoms with Gasteiger partial charge in [0.25, 0.3) is 0 Å². The molecule has 0 aromatic heterocycles. The Hall–Kier alpha value is -1.10. The molecule has 0 saturated carbocycles. The zero-order valence-electron chi connectivity index (χ0n) is 8.06. The van der Waals surface area contributed by atoms with E-state index in [4.69, 9.17) is 10.7 Å². The molecule has 0 fully saturated rings. The number of nitrogens with two attached hydrogens (primary N) is 1. The molecule has 3 nitrogen and oxygen atoms in total. The average molecular weight is 190 g/mol. The van der Waals surface area contributed by atoms with Crippen LogP contribution < -0.4 is 11.0 Å². The van der Waals surface area contributed by atoms with Crippen molar-refractivity contribution >= 4 is 7.05 Å². The van der Waals surface area contributed by atoms with E-state index in [0.717, 1.165) is 6.54 Å². The summed E-state index contributed by atoms with van der Waals surface area (Å²) in [5.74, 6) is 1.55. The predicted octanol–water partition coefficient (Wildman–Crippen LogP) is 0.311. The lowest BCUT2D eigenvalue weighted by Gasteiger charge is -2.00. The van der Waals surface area contributed by atoms with E-state index in [1.165, 1.54) is 5.56 Å². The van der Waals surface area contributed by atoms with Gasteiger partial charge in [-0.3, -0.25) is 0 Å². The molecule has 0 radical (unpaired) electrons. The fourth-order valence-corrected chi connectivity index (χ4v) is 1.10. The van der Waals surface area contributed by atoms with Gasteiger partial charge < -0.3 is 16.0 Å². The Morgan fingerprint density at radius 3 is 2.71 bits per heavy atom. The highest BCUT2D eigenvalue weighted by Crippen LogP contribution is 1.96. The summed E-state index contributed by atoms with van der Waals surface area (Å²) in [5, 5.41) is 11.9. The normalized spacial score (nSPS) is 10.7. The second-order valence-corrected chi connectivity index (χ2v) is 3.04. The number of nitrogens with one attached hydrogen (secondary N) is 1. The summed E-state index contributed by atoms with van der Waals surface area (Å²) in [6.07, 6.45) is 1.81. The predicted molar refractivity (Wildman–Crippen MR) is 59.4 cm³/mol. The highest BCUT2D eigenvalue weighted by molar-refractivity contribution is 6.52. The Morgan fingerprint density at radius 2 is 2.07 bits per heavy atom. The first-order valence-electron chi connectivity index (χ1n) is 4.64. The summed E-state index contributed by atoms with van der Waals surface area (Å²) >= 11 is 0. The number of hydrogen-bond donors (Lipinski definition) is 3. The van der Waals surface area contributed by atoms with Crippen LogP contribution in [-0.4, -0.2) is 18.6 Å². The fourth-order valence-electron chi connectivity index (χ4n) is 1.10. The first kappa shape index (κ1) is 11.0. The lowest BCUT2D eigenvalue weighted by atomic mass is 9.86. The first-order valence-corrected chi connectivity index (χ1v) is 4.64. The molecule has 0 spiro atoms. The first-order chi connectivity index (χ1) is 6.79. The van der Waals surface area contributed by atoms with Gasteiger partial charge in [0.15, 0.2) is 0 Å². The van der Waals surface area contributed by atoms with Crippen LogP contribution in [0.4, 0.5) is 0 Å². The van der Waals surface area contributed by atoms with Crippen molar-refractivity contribution in [2.45, 2.75) is 6.54 Å². The summed E-state index contributed by atoms with van der Waals surface area (Å²) in [6, 6.07) is 10.1. The largest absolute Gasteiger partial charge is 0.434 e. The van der Waals surface area contributed by atoms with Crippen molar-refractivity contribution in [1.82, 2.24) is 5.32 Å². The van der Waals surface area contributed by atoms with Gasteiger partial charge in [-0.15, -0.1) is 0 Å². The Labute approximate surface area is 84.8 Å². The van der Waals surface area contributed by atoms with Crippen molar-refractivity contribution in [1.29, 1.82) is 0 Å². The lowest BCUT2D eigenvalue weighted by molar-refractivity contribution is 0.586. The Morgan fingerprint density at radius 1 is 1.36 bits per heavy atom. The zero-order valence-corrected chi connectivity index (χ0v) is 8.06. The van der Waals surface area contributed by atoms with E-state index in [1.54, 1.807) is 5.98 Å². The van der Waals surface area contributed by atoms with Crippen LogP contribution >= 0.6 is 0 Å². The van der Waals surface area contributed by atoms with Crippen LogP contribution in [-0.2, 0) is 6.54 Å². The second kappa shape index (κ2) is 6.37. The van der Waals surface area contributed by atoms with Gasteiger partial charge in [-0.2, -0.15) is 0 Å². The van der Waals surface area contributed by atoms with Gasteiger partial charge in [0.05, 0.1) is 0 Å². The molecule has 0 saturated heterocycles. The molecule has 0 aliphatic carbocycles. The molecule has 4 heteroatoms. The third-order valence-corrected chi connectivity index (χ3v) is 1.77. The monoisotopic (exact) mass is 190 g/mol. The van der Waals surface area contributed by atoms with Crippen LogP contribution in [0.1, 0.15) is 5.56 Å². The van der Waals surface area contributed by atoms with E-state index in [1.807, 2.05) is 24.3 Å². The molecule has 14 heavy (non-hydrogen) atoms. The maximum absolute atomic E-state index is 8.73. The maximum Gasteiger partial charge on any atom is 0.402 e. The smallest absolute Gasteiger partial charge is 0.402 e. The zero-order chi connectivity index (χ0) is 10.2. The van der Waals surface area contributed by atoms with Gasteiger partial charge in [-0.1, -0.05) is 42.4 Å². The van der Waals surface area contributed by atoms with Crippen molar-refractivity contribution in [3.05, 3.63) is 47.9 Å². The van der Waals surface area contributed by atoms with Crippen molar-refractivity contribution in [2.75, 3.05) is 6.54 Å². The second-order valence-electron chi connectivity index (χ2n) is 3.04. The fraction of sp³-hybridized carbons (Fsp3) is 0.200. The van der Waals surface area contributed by atoms with Crippen LogP contribution in [0, 0.1) is 0 Å². The van der Waals surface area contributed by atoms with Crippen LogP contribution in [0.2, 0.25) is 0 Å². The van der Waals surface area contributed by atoms with Crippen molar-refractivity contribution < 1.29 is 5.02 Å². The third kappa shape index (κ3) is 4.82. The maximum atomic E-state index is 8.73. The molecule has 1 aromatic carbocycles. The molecule has 0 aliphatic heterocycles. The molecule has 0 aliphatic rings. The molecule has 0 unspecified atom stereocenters. The number of rotatable bonds is 5. The molecular weight excluding hydrogens is 175 g/mol. The van der Waals surface area contributed by atoms with Crippen molar-refractivity contribution in [3.8, 4) is 0 Å². The van der Waals surface area contributed by atoms with E-state index in [0.29, 0.717) is 6.54 Å². The molecule has 4 N–H and O–H groups in total. The minimum Gasteiger partial charge on any atom is -0.434 e. The SMILES string of the molecule is NB(O)C=CCNCc1ccccc1. The van der Waals surface area contributed by atoms with Crippen molar-refractivity contribution in [2.24, 2.45) is 5.64 Å². The third-order valence-electron chi connectivity index (χ3n) is 1.77. The standard InChI is InChI=1S/C10H15BN2O/c12-11(14)7-4-8-13-9-10-5-2-1-3-6-10/h1-7,13-14H,8-9,12H2. The van der Waals surface area contributed by atoms with Crippen LogP contribution in [0.5, 0.6) is 0 Å². The Balaban J connectivity index is 2.16. The Kier molecular flexibility index (Phi) is 5.00. The topological polar surface area (TPSA) is 58.3 Å². The van der Waals surface area contributed by atoms with Crippen LogP contribution in [0.3, 0.4) is 0 Å². The van der Waals surface area contributed by atoms with Crippen LogP contribution in [0.15, 0.2) is 42.4 Å². The van der Waals surface area contributed by atoms with E-state index >= 15 is 0 Å². The summed E-state index contributed by atoms with van der Waals surface area (Å²) in [4.78, 5) is 0.